The van der Waals surface area contributed by atoms with Gasteiger partial charge in [-0.25, -0.2) is 8.42 Å². The molecule has 7 nitrogen and oxygen atoms in total. The lowest BCUT2D eigenvalue weighted by Crippen LogP contribution is -2.42. The van der Waals surface area contributed by atoms with Crippen molar-refractivity contribution in [2.75, 3.05) is 26.3 Å². The van der Waals surface area contributed by atoms with Gasteiger partial charge >= 0.3 is 0 Å². The first-order valence-electron chi connectivity index (χ1n) is 10.9. The first kappa shape index (κ1) is 22.4. The third kappa shape index (κ3) is 5.31. The first-order chi connectivity index (χ1) is 15.4. The highest BCUT2D eigenvalue weighted by Gasteiger charge is 2.30. The Labute approximate surface area is 189 Å². The predicted molar refractivity (Wildman–Crippen MR) is 123 cm³/mol. The van der Waals surface area contributed by atoms with Crippen molar-refractivity contribution in [1.29, 1.82) is 0 Å². The van der Waals surface area contributed by atoms with Gasteiger partial charge in [-0.1, -0.05) is 36.4 Å². The van der Waals surface area contributed by atoms with E-state index in [2.05, 4.69) is 5.32 Å². The molecule has 2 aliphatic rings. The molecular weight excluding hydrogens is 428 g/mol. The summed E-state index contributed by atoms with van der Waals surface area (Å²) in [5, 5.41) is 4.30. The van der Waals surface area contributed by atoms with Crippen LogP contribution in [0.4, 0.5) is 0 Å². The summed E-state index contributed by atoms with van der Waals surface area (Å²) in [4.78, 5) is 12.8. The van der Waals surface area contributed by atoms with Crippen molar-refractivity contribution in [3.8, 4) is 11.5 Å². The molecule has 170 valence electrons. The minimum absolute atomic E-state index is 0.0516. The van der Waals surface area contributed by atoms with Crippen molar-refractivity contribution in [1.82, 2.24) is 9.62 Å². The average molecular weight is 457 g/mol. The van der Waals surface area contributed by atoms with Gasteiger partial charge in [0.1, 0.15) is 13.2 Å². The molecule has 0 spiro atoms. The summed E-state index contributed by atoms with van der Waals surface area (Å²) in [6.07, 6.45) is 2.60. The zero-order valence-electron chi connectivity index (χ0n) is 18.1. The van der Waals surface area contributed by atoms with Gasteiger partial charge in [0.15, 0.2) is 11.5 Å². The molecule has 2 heterocycles. The van der Waals surface area contributed by atoms with Gasteiger partial charge in [0, 0.05) is 24.4 Å². The molecule has 0 bridgehead atoms. The van der Waals surface area contributed by atoms with Crippen LogP contribution >= 0.6 is 0 Å². The largest absolute Gasteiger partial charge is 0.486 e. The first-order valence-corrected chi connectivity index (χ1v) is 12.4. The SMILES string of the molecule is C[C@H](NC(=O)C1CCN(S(=O)(=O)/C=C/c2ccccc2)CC1)c1ccc2c(c1)OCCO2. The Kier molecular flexibility index (Phi) is 6.81. The van der Waals surface area contributed by atoms with Gasteiger partial charge in [0.2, 0.25) is 15.9 Å². The minimum atomic E-state index is -3.51. The molecular formula is C24H28N2O5S. The summed E-state index contributed by atoms with van der Waals surface area (Å²) in [5.74, 6) is 1.15. The van der Waals surface area contributed by atoms with E-state index in [1.165, 1.54) is 9.71 Å². The number of nitrogens with one attached hydrogen (secondary N) is 1. The second-order valence-corrected chi connectivity index (χ2v) is 9.88. The number of amides is 1. The fraction of sp³-hybridized carbons (Fsp3) is 0.375. The lowest BCUT2D eigenvalue weighted by atomic mass is 9.96. The zero-order chi connectivity index (χ0) is 22.6. The van der Waals surface area contributed by atoms with Gasteiger partial charge in [0.05, 0.1) is 6.04 Å². The second kappa shape index (κ2) is 9.75. The molecule has 32 heavy (non-hydrogen) atoms. The van der Waals surface area contributed by atoms with Crippen LogP contribution in [-0.2, 0) is 14.8 Å². The number of rotatable bonds is 6. The Balaban J connectivity index is 1.31. The number of fused-ring (bicyclic) bond motifs is 1. The number of hydrogen-bond acceptors (Lipinski definition) is 5. The highest BCUT2D eigenvalue weighted by molar-refractivity contribution is 7.92. The Morgan fingerprint density at radius 2 is 1.75 bits per heavy atom. The van der Waals surface area contributed by atoms with Crippen molar-refractivity contribution in [2.24, 2.45) is 5.92 Å². The number of hydrogen-bond donors (Lipinski definition) is 1. The lowest BCUT2D eigenvalue weighted by molar-refractivity contribution is -0.126. The quantitative estimate of drug-likeness (QED) is 0.721. The molecule has 2 aliphatic heterocycles. The van der Waals surface area contributed by atoms with E-state index in [1.54, 1.807) is 6.08 Å². The van der Waals surface area contributed by atoms with Crippen LogP contribution < -0.4 is 14.8 Å². The lowest BCUT2D eigenvalue weighted by Gasteiger charge is -2.30. The normalized spacial score (nSPS) is 18.4. The van der Waals surface area contributed by atoms with Crippen molar-refractivity contribution in [3.05, 3.63) is 65.1 Å². The molecule has 0 saturated carbocycles. The molecule has 1 fully saturated rings. The Morgan fingerprint density at radius 1 is 1.06 bits per heavy atom. The minimum Gasteiger partial charge on any atom is -0.486 e. The molecule has 1 saturated heterocycles. The molecule has 4 rings (SSSR count). The summed E-state index contributed by atoms with van der Waals surface area (Å²) >= 11 is 0. The predicted octanol–water partition coefficient (Wildman–Crippen LogP) is 3.35. The molecule has 1 N–H and O–H groups in total. The maximum atomic E-state index is 12.8. The van der Waals surface area contributed by atoms with Gasteiger partial charge in [0.25, 0.3) is 0 Å². The molecule has 8 heteroatoms. The van der Waals surface area contributed by atoms with Gasteiger partial charge < -0.3 is 14.8 Å². The number of carbonyl (C=O) groups excluding carboxylic acids is 1. The summed E-state index contributed by atoms with van der Waals surface area (Å²) < 4.78 is 37.9. The zero-order valence-corrected chi connectivity index (χ0v) is 18.9. The fourth-order valence-electron chi connectivity index (χ4n) is 3.93. The Hall–Kier alpha value is -2.84. The maximum Gasteiger partial charge on any atom is 0.236 e. The molecule has 1 amide bonds. The summed E-state index contributed by atoms with van der Waals surface area (Å²) in [7, 11) is -3.51. The van der Waals surface area contributed by atoms with Crippen LogP contribution in [0.3, 0.4) is 0 Å². The highest BCUT2D eigenvalue weighted by Crippen LogP contribution is 2.32. The fourth-order valence-corrected chi connectivity index (χ4v) is 5.15. The van der Waals surface area contributed by atoms with Crippen LogP contribution in [0.25, 0.3) is 6.08 Å². The van der Waals surface area contributed by atoms with Crippen LogP contribution in [-0.4, -0.2) is 44.9 Å². The second-order valence-electron chi connectivity index (χ2n) is 8.07. The third-order valence-electron chi connectivity index (χ3n) is 5.84. The summed E-state index contributed by atoms with van der Waals surface area (Å²) in [6, 6.07) is 14.8. The summed E-state index contributed by atoms with van der Waals surface area (Å²) in [6.45, 7) is 3.64. The monoisotopic (exact) mass is 456 g/mol. The number of piperidine rings is 1. The number of nitrogens with zero attached hydrogens (tertiary/aromatic N) is 1. The van der Waals surface area contributed by atoms with E-state index >= 15 is 0 Å². The number of ether oxygens (including phenoxy) is 2. The summed E-state index contributed by atoms with van der Waals surface area (Å²) in [5.41, 5.74) is 1.77. The molecule has 0 radical (unpaired) electrons. The van der Waals surface area contributed by atoms with E-state index in [9.17, 15) is 13.2 Å². The van der Waals surface area contributed by atoms with Crippen LogP contribution in [0.2, 0.25) is 0 Å². The van der Waals surface area contributed by atoms with Crippen molar-refractivity contribution < 1.29 is 22.7 Å². The average Bonchev–Trinajstić information content (AvgIpc) is 2.83. The van der Waals surface area contributed by atoms with E-state index in [1.807, 2.05) is 55.5 Å². The van der Waals surface area contributed by atoms with Gasteiger partial charge in [-0.15, -0.1) is 0 Å². The molecule has 0 unspecified atom stereocenters. The van der Waals surface area contributed by atoms with Crippen LogP contribution in [0, 0.1) is 5.92 Å². The Bertz CT molecular complexity index is 1080. The van der Waals surface area contributed by atoms with Gasteiger partial charge in [-0.2, -0.15) is 4.31 Å². The molecule has 2 aromatic carbocycles. The molecule has 1 atom stereocenters. The Morgan fingerprint density at radius 3 is 2.47 bits per heavy atom. The molecule has 2 aromatic rings. The van der Waals surface area contributed by atoms with E-state index in [0.717, 1.165) is 11.1 Å². The van der Waals surface area contributed by atoms with Crippen molar-refractivity contribution >= 4 is 22.0 Å². The standard InChI is InChI=1S/C24H28N2O5S/c1-18(21-7-8-22-23(17-21)31-15-14-30-22)25-24(27)20-9-12-26(13-10-20)32(28,29)16-11-19-5-3-2-4-6-19/h2-8,11,16-18,20H,9-10,12-15H2,1H3,(H,25,27)/b16-11+/t18-/m0/s1. The van der Waals surface area contributed by atoms with E-state index in [4.69, 9.17) is 9.47 Å². The maximum absolute atomic E-state index is 12.8. The number of benzene rings is 2. The van der Waals surface area contributed by atoms with Crippen LogP contribution in [0.1, 0.15) is 36.9 Å². The highest BCUT2D eigenvalue weighted by atomic mass is 32.2. The van der Waals surface area contributed by atoms with Gasteiger partial charge in [-0.3, -0.25) is 4.79 Å². The smallest absolute Gasteiger partial charge is 0.236 e. The van der Waals surface area contributed by atoms with Crippen LogP contribution in [0.5, 0.6) is 11.5 Å². The number of carbonyl (C=O) groups is 1. The van der Waals surface area contributed by atoms with Gasteiger partial charge in [-0.05, 0) is 49.1 Å². The van der Waals surface area contributed by atoms with Crippen molar-refractivity contribution in [3.63, 3.8) is 0 Å². The molecule has 0 aliphatic carbocycles. The number of sulfonamides is 1. The van der Waals surface area contributed by atoms with E-state index in [0.29, 0.717) is 50.6 Å². The van der Waals surface area contributed by atoms with Crippen molar-refractivity contribution in [2.45, 2.75) is 25.8 Å². The van der Waals surface area contributed by atoms with Crippen LogP contribution in [0.15, 0.2) is 53.9 Å². The topological polar surface area (TPSA) is 84.9 Å². The van der Waals surface area contributed by atoms with E-state index < -0.39 is 10.0 Å². The van der Waals surface area contributed by atoms with E-state index in [-0.39, 0.29) is 17.9 Å². The molecule has 0 aromatic heterocycles. The third-order valence-corrected chi connectivity index (χ3v) is 7.41.